The molecule has 0 saturated carbocycles. The van der Waals surface area contributed by atoms with Crippen LogP contribution in [0.25, 0.3) is 0 Å². The van der Waals surface area contributed by atoms with Gasteiger partial charge in [-0.05, 0) is 25.0 Å². The van der Waals surface area contributed by atoms with Crippen LogP contribution in [-0.2, 0) is 4.79 Å². The molecule has 0 bridgehead atoms. The number of amides is 2. The van der Waals surface area contributed by atoms with Crippen molar-refractivity contribution in [2.45, 2.75) is 18.9 Å². The fourth-order valence-electron chi connectivity index (χ4n) is 2.38. The molecule has 0 heterocycles. The van der Waals surface area contributed by atoms with Gasteiger partial charge in [0.05, 0.1) is 17.6 Å². The lowest BCUT2D eigenvalue weighted by atomic mass is 9.95. The van der Waals surface area contributed by atoms with E-state index in [1.165, 1.54) is 42.3 Å². The van der Waals surface area contributed by atoms with Gasteiger partial charge in [0.2, 0.25) is 5.91 Å². The standard InChI is InChI=1S/C16H21N3O6/c1-3-4-12(15(21)17-23)9-14(10-20)18(2)16(22)11-5-7-13(8-6-11)19(24)25/h3,5-8,12,14,20,23H,1,4,9-10H2,2H3,(H,17,21). The number of hydrogen-bond acceptors (Lipinski definition) is 6. The van der Waals surface area contributed by atoms with Gasteiger partial charge in [-0.2, -0.15) is 0 Å². The highest BCUT2D eigenvalue weighted by atomic mass is 16.6. The van der Waals surface area contributed by atoms with E-state index in [-0.39, 0.29) is 30.7 Å². The number of non-ortho nitro benzene ring substituents is 1. The van der Waals surface area contributed by atoms with Gasteiger partial charge in [0, 0.05) is 30.7 Å². The lowest BCUT2D eigenvalue weighted by molar-refractivity contribution is -0.384. The van der Waals surface area contributed by atoms with Crippen molar-refractivity contribution in [3.05, 3.63) is 52.6 Å². The molecule has 136 valence electrons. The summed E-state index contributed by atoms with van der Waals surface area (Å²) in [7, 11) is 1.46. The first kappa shape index (κ1) is 20.3. The van der Waals surface area contributed by atoms with Gasteiger partial charge in [-0.3, -0.25) is 24.9 Å². The second kappa shape index (κ2) is 9.50. The fourth-order valence-corrected chi connectivity index (χ4v) is 2.38. The maximum atomic E-state index is 12.5. The maximum absolute atomic E-state index is 12.5. The molecule has 0 saturated heterocycles. The first-order chi connectivity index (χ1) is 11.8. The number of nitro groups is 1. The Morgan fingerprint density at radius 1 is 1.40 bits per heavy atom. The Balaban J connectivity index is 2.90. The number of nitrogens with zero attached hydrogens (tertiary/aromatic N) is 2. The lowest BCUT2D eigenvalue weighted by Gasteiger charge is -2.29. The number of allylic oxidation sites excluding steroid dienone is 1. The van der Waals surface area contributed by atoms with Crippen molar-refractivity contribution in [3.63, 3.8) is 0 Å². The Morgan fingerprint density at radius 2 is 2.00 bits per heavy atom. The van der Waals surface area contributed by atoms with E-state index in [1.807, 2.05) is 0 Å². The van der Waals surface area contributed by atoms with Gasteiger partial charge in [-0.15, -0.1) is 6.58 Å². The highest BCUT2D eigenvalue weighted by Gasteiger charge is 2.27. The third kappa shape index (κ3) is 5.37. The first-order valence-electron chi connectivity index (χ1n) is 7.53. The van der Waals surface area contributed by atoms with Crippen molar-refractivity contribution in [3.8, 4) is 0 Å². The van der Waals surface area contributed by atoms with E-state index in [9.17, 15) is 24.8 Å². The zero-order chi connectivity index (χ0) is 19.0. The molecular formula is C16H21N3O6. The van der Waals surface area contributed by atoms with Crippen molar-refractivity contribution in [1.82, 2.24) is 10.4 Å². The Bertz CT molecular complexity index is 631. The number of rotatable bonds is 9. The van der Waals surface area contributed by atoms with Crippen molar-refractivity contribution < 1.29 is 24.8 Å². The Labute approximate surface area is 144 Å². The SMILES string of the molecule is C=CCC(CC(CO)N(C)C(=O)c1ccc([N+](=O)[O-])cc1)C(=O)NO. The second-order valence-corrected chi connectivity index (χ2v) is 5.49. The largest absolute Gasteiger partial charge is 0.394 e. The molecule has 0 radical (unpaired) electrons. The molecule has 3 N–H and O–H groups in total. The molecule has 2 unspecified atom stereocenters. The summed E-state index contributed by atoms with van der Waals surface area (Å²) < 4.78 is 0. The number of hydrogen-bond donors (Lipinski definition) is 3. The number of carbonyl (C=O) groups excluding carboxylic acids is 2. The van der Waals surface area contributed by atoms with Crippen LogP contribution in [0.1, 0.15) is 23.2 Å². The summed E-state index contributed by atoms with van der Waals surface area (Å²) in [5.74, 6) is -1.74. The van der Waals surface area contributed by atoms with Crippen LogP contribution in [0.15, 0.2) is 36.9 Å². The van der Waals surface area contributed by atoms with E-state index < -0.39 is 28.7 Å². The molecule has 9 heteroatoms. The van der Waals surface area contributed by atoms with Crippen molar-refractivity contribution in [2.24, 2.45) is 5.92 Å². The van der Waals surface area contributed by atoms with Crippen LogP contribution in [0.2, 0.25) is 0 Å². The third-order valence-corrected chi connectivity index (χ3v) is 3.89. The molecule has 0 fully saturated rings. The van der Waals surface area contributed by atoms with E-state index >= 15 is 0 Å². The summed E-state index contributed by atoms with van der Waals surface area (Å²) in [5, 5.41) is 29.0. The van der Waals surface area contributed by atoms with Crippen LogP contribution in [0, 0.1) is 16.0 Å². The Kier molecular flexibility index (Phi) is 7.70. The van der Waals surface area contributed by atoms with Crippen LogP contribution in [0.3, 0.4) is 0 Å². The topological polar surface area (TPSA) is 133 Å². The molecule has 2 amide bonds. The van der Waals surface area contributed by atoms with E-state index in [4.69, 9.17) is 5.21 Å². The summed E-state index contributed by atoms with van der Waals surface area (Å²) in [4.78, 5) is 35.5. The van der Waals surface area contributed by atoms with Gasteiger partial charge in [0.15, 0.2) is 0 Å². The minimum Gasteiger partial charge on any atom is -0.394 e. The molecule has 1 rings (SSSR count). The van der Waals surface area contributed by atoms with Crippen LogP contribution >= 0.6 is 0 Å². The van der Waals surface area contributed by atoms with Gasteiger partial charge < -0.3 is 10.0 Å². The molecule has 9 nitrogen and oxygen atoms in total. The molecular weight excluding hydrogens is 330 g/mol. The molecule has 1 aromatic rings. The highest BCUT2D eigenvalue weighted by Crippen LogP contribution is 2.19. The predicted molar refractivity (Wildman–Crippen MR) is 88.9 cm³/mol. The quantitative estimate of drug-likeness (QED) is 0.264. The fraction of sp³-hybridized carbons (Fsp3) is 0.375. The molecule has 0 spiro atoms. The number of benzene rings is 1. The van der Waals surface area contributed by atoms with Crippen molar-refractivity contribution in [1.29, 1.82) is 0 Å². The average molecular weight is 351 g/mol. The van der Waals surface area contributed by atoms with Crippen LogP contribution in [-0.4, -0.2) is 51.6 Å². The monoisotopic (exact) mass is 351 g/mol. The average Bonchev–Trinajstić information content (AvgIpc) is 2.63. The number of carbonyl (C=O) groups is 2. The van der Waals surface area contributed by atoms with Crippen molar-refractivity contribution in [2.75, 3.05) is 13.7 Å². The number of nitrogens with one attached hydrogen (secondary N) is 1. The minimum atomic E-state index is -0.676. The second-order valence-electron chi connectivity index (χ2n) is 5.49. The van der Waals surface area contributed by atoms with Gasteiger partial charge >= 0.3 is 0 Å². The Hall–Kier alpha value is -2.78. The van der Waals surface area contributed by atoms with E-state index in [2.05, 4.69) is 6.58 Å². The number of nitro benzene ring substituents is 1. The van der Waals surface area contributed by atoms with Gasteiger partial charge in [-0.25, -0.2) is 5.48 Å². The Morgan fingerprint density at radius 3 is 2.44 bits per heavy atom. The van der Waals surface area contributed by atoms with Gasteiger partial charge in [0.1, 0.15) is 0 Å². The van der Waals surface area contributed by atoms with Crippen LogP contribution < -0.4 is 5.48 Å². The summed E-state index contributed by atoms with van der Waals surface area (Å²) in [6.45, 7) is 3.15. The van der Waals surface area contributed by atoms with E-state index in [1.54, 1.807) is 5.48 Å². The molecule has 0 aliphatic carbocycles. The smallest absolute Gasteiger partial charge is 0.269 e. The normalized spacial score (nSPS) is 12.8. The zero-order valence-electron chi connectivity index (χ0n) is 13.8. The highest BCUT2D eigenvalue weighted by molar-refractivity contribution is 5.94. The van der Waals surface area contributed by atoms with Gasteiger partial charge in [-0.1, -0.05) is 6.08 Å². The summed E-state index contributed by atoms with van der Waals surface area (Å²) >= 11 is 0. The first-order valence-corrected chi connectivity index (χ1v) is 7.53. The number of likely N-dealkylation sites (N-methyl/N-ethyl adjacent to an activating group) is 1. The number of aliphatic hydroxyl groups is 1. The van der Waals surface area contributed by atoms with Crippen molar-refractivity contribution >= 4 is 17.5 Å². The van der Waals surface area contributed by atoms with Crippen LogP contribution in [0.5, 0.6) is 0 Å². The predicted octanol–water partition coefficient (Wildman–Crippen LogP) is 1.12. The van der Waals surface area contributed by atoms with Gasteiger partial charge in [0.25, 0.3) is 11.6 Å². The molecule has 25 heavy (non-hydrogen) atoms. The number of hydroxylamine groups is 1. The minimum absolute atomic E-state index is 0.115. The van der Waals surface area contributed by atoms with E-state index in [0.717, 1.165) is 0 Å². The molecule has 0 aliphatic rings. The molecule has 2 atom stereocenters. The zero-order valence-corrected chi connectivity index (χ0v) is 13.8. The maximum Gasteiger partial charge on any atom is 0.269 e. The third-order valence-electron chi connectivity index (χ3n) is 3.89. The molecule has 0 aliphatic heterocycles. The number of aliphatic hydroxyl groups excluding tert-OH is 1. The van der Waals surface area contributed by atoms with E-state index in [0.29, 0.717) is 0 Å². The molecule has 0 aromatic heterocycles. The summed E-state index contributed by atoms with van der Waals surface area (Å²) in [6.07, 6.45) is 1.89. The van der Waals surface area contributed by atoms with Crippen LogP contribution in [0.4, 0.5) is 5.69 Å². The lowest BCUT2D eigenvalue weighted by Crippen LogP contribution is -2.42. The summed E-state index contributed by atoms with van der Waals surface area (Å²) in [5.41, 5.74) is 1.65. The summed E-state index contributed by atoms with van der Waals surface area (Å²) in [6, 6.07) is 4.41. The molecule has 1 aromatic carbocycles.